The molecule has 3 heterocycles. The van der Waals surface area contributed by atoms with Crippen molar-refractivity contribution in [2.75, 3.05) is 29.0 Å². The minimum atomic E-state index is 0.317. The van der Waals surface area contributed by atoms with Crippen LogP contribution in [0.3, 0.4) is 0 Å². The number of nitrogens with two attached hydrogens (primary N) is 1. The van der Waals surface area contributed by atoms with Crippen LogP contribution in [0.4, 0.5) is 17.5 Å². The van der Waals surface area contributed by atoms with E-state index in [1.807, 2.05) is 0 Å². The lowest BCUT2D eigenvalue weighted by Crippen LogP contribution is -2.22. The number of hydrogen-bond acceptors (Lipinski definition) is 7. The summed E-state index contributed by atoms with van der Waals surface area (Å²) in [5.41, 5.74) is 10.2. The summed E-state index contributed by atoms with van der Waals surface area (Å²) in [5, 5.41) is 12.5. The maximum atomic E-state index is 7.99. The first-order valence-corrected chi connectivity index (χ1v) is 9.58. The van der Waals surface area contributed by atoms with E-state index in [2.05, 4.69) is 51.4 Å². The number of para-hydroxylation sites is 1. The number of nitrogen functional groups attached to an aromatic ring is 1. The van der Waals surface area contributed by atoms with Gasteiger partial charge in [-0.15, -0.1) is 0 Å². The lowest BCUT2D eigenvalue weighted by Gasteiger charge is -2.22. The topological polar surface area (TPSA) is 104 Å². The molecule has 1 aliphatic rings. The summed E-state index contributed by atoms with van der Waals surface area (Å²) in [7, 11) is 0. The normalized spacial score (nSPS) is 13.9. The van der Waals surface area contributed by atoms with Crippen molar-refractivity contribution in [3.8, 4) is 0 Å². The summed E-state index contributed by atoms with van der Waals surface area (Å²) < 4.78 is 0. The molecule has 7 nitrogen and oxygen atoms in total. The van der Waals surface area contributed by atoms with Gasteiger partial charge in [-0.25, -0.2) is 15.0 Å². The van der Waals surface area contributed by atoms with Gasteiger partial charge >= 0.3 is 0 Å². The fourth-order valence-corrected chi connectivity index (χ4v) is 3.80. The molecule has 1 aromatic carbocycles. The second-order valence-corrected chi connectivity index (χ2v) is 7.27. The Labute approximate surface area is 164 Å². The van der Waals surface area contributed by atoms with Crippen molar-refractivity contribution in [3.63, 3.8) is 0 Å². The molecule has 144 valence electrons. The third-order valence-electron chi connectivity index (χ3n) is 5.21. The summed E-state index contributed by atoms with van der Waals surface area (Å²) >= 11 is 0. The quantitative estimate of drug-likeness (QED) is 0.590. The number of anilines is 3. The average Bonchev–Trinajstić information content (AvgIpc) is 3.20. The van der Waals surface area contributed by atoms with E-state index in [4.69, 9.17) is 16.1 Å². The number of rotatable bonds is 5. The van der Waals surface area contributed by atoms with E-state index in [1.165, 1.54) is 24.7 Å². The van der Waals surface area contributed by atoms with E-state index in [0.29, 0.717) is 29.5 Å². The Kier molecular flexibility index (Phi) is 4.81. The zero-order valence-corrected chi connectivity index (χ0v) is 16.3. The fourth-order valence-electron chi connectivity index (χ4n) is 3.80. The van der Waals surface area contributed by atoms with Gasteiger partial charge in [0.1, 0.15) is 23.8 Å². The highest BCUT2D eigenvalue weighted by atomic mass is 15.2. The third-order valence-corrected chi connectivity index (χ3v) is 5.21. The monoisotopic (exact) mass is 375 g/mol. The maximum Gasteiger partial charge on any atom is 0.140 e. The van der Waals surface area contributed by atoms with Gasteiger partial charge in [0.2, 0.25) is 0 Å². The lowest BCUT2D eigenvalue weighted by molar-refractivity contribution is 0.920. The van der Waals surface area contributed by atoms with E-state index in [1.54, 1.807) is 6.92 Å². The van der Waals surface area contributed by atoms with Gasteiger partial charge in [-0.2, -0.15) is 0 Å². The number of benzene rings is 1. The summed E-state index contributed by atoms with van der Waals surface area (Å²) in [6, 6.07) is 8.47. The number of aryl methyl sites for hydroxylation is 1. The molecule has 0 amide bonds. The van der Waals surface area contributed by atoms with E-state index in [0.717, 1.165) is 35.4 Å². The van der Waals surface area contributed by atoms with Crippen molar-refractivity contribution in [1.82, 2.24) is 15.0 Å². The Morgan fingerprint density at radius 2 is 2.04 bits per heavy atom. The van der Waals surface area contributed by atoms with Crippen LogP contribution in [0, 0.1) is 12.3 Å². The van der Waals surface area contributed by atoms with Crippen molar-refractivity contribution in [3.05, 3.63) is 47.3 Å². The SMILES string of the molecule is CC(=N)c1c(N)ncnc1NCc1cc2cccc(C)c2nc1N1CCCC1. The number of fused-ring (bicyclic) bond motifs is 1. The van der Waals surface area contributed by atoms with E-state index in [-0.39, 0.29) is 0 Å². The minimum absolute atomic E-state index is 0.317. The maximum absolute atomic E-state index is 7.99. The van der Waals surface area contributed by atoms with Crippen molar-refractivity contribution in [1.29, 1.82) is 5.41 Å². The van der Waals surface area contributed by atoms with Gasteiger partial charge in [-0.1, -0.05) is 18.2 Å². The smallest absolute Gasteiger partial charge is 0.140 e. The molecule has 2 aromatic heterocycles. The first-order chi connectivity index (χ1) is 13.5. The van der Waals surface area contributed by atoms with Crippen LogP contribution in [0.5, 0.6) is 0 Å². The summed E-state index contributed by atoms with van der Waals surface area (Å²) in [6.45, 7) is 6.41. The first-order valence-electron chi connectivity index (χ1n) is 9.58. The molecular formula is C21H25N7. The van der Waals surface area contributed by atoms with Crippen LogP contribution in [0.2, 0.25) is 0 Å². The van der Waals surface area contributed by atoms with E-state index < -0.39 is 0 Å². The van der Waals surface area contributed by atoms with Crippen LogP contribution < -0.4 is 16.0 Å². The Balaban J connectivity index is 1.73. The molecule has 4 rings (SSSR count). The third kappa shape index (κ3) is 3.35. The van der Waals surface area contributed by atoms with Crippen LogP contribution >= 0.6 is 0 Å². The molecule has 0 spiro atoms. The summed E-state index contributed by atoms with van der Waals surface area (Å²) in [6.07, 6.45) is 3.81. The van der Waals surface area contributed by atoms with Crippen LogP contribution in [0.1, 0.15) is 36.5 Å². The second kappa shape index (κ2) is 7.42. The predicted molar refractivity (Wildman–Crippen MR) is 114 cm³/mol. The van der Waals surface area contributed by atoms with Crippen molar-refractivity contribution < 1.29 is 0 Å². The van der Waals surface area contributed by atoms with Crippen LogP contribution in [0.15, 0.2) is 30.6 Å². The molecule has 0 saturated carbocycles. The molecule has 0 aliphatic carbocycles. The molecule has 0 radical (unpaired) electrons. The number of aromatic nitrogens is 3. The van der Waals surface area contributed by atoms with Crippen molar-refractivity contribution in [2.45, 2.75) is 33.2 Å². The molecule has 4 N–H and O–H groups in total. The van der Waals surface area contributed by atoms with E-state index >= 15 is 0 Å². The molecule has 1 fully saturated rings. The standard InChI is InChI=1S/C21H25N7/c1-13-6-5-7-15-10-16(21(27-18(13)15)28-8-3-4-9-28)11-24-20-17(14(2)22)19(23)25-12-26-20/h5-7,10,12,22H,3-4,8-9,11H2,1-2H3,(H3,23,24,25,26). The van der Waals surface area contributed by atoms with Crippen LogP contribution in [-0.4, -0.2) is 33.8 Å². The zero-order valence-electron chi connectivity index (χ0n) is 16.3. The van der Waals surface area contributed by atoms with E-state index in [9.17, 15) is 0 Å². The Morgan fingerprint density at radius 1 is 1.25 bits per heavy atom. The van der Waals surface area contributed by atoms with Crippen molar-refractivity contribution >= 4 is 34.1 Å². The summed E-state index contributed by atoms with van der Waals surface area (Å²) in [5.74, 6) is 1.93. The Hall–Kier alpha value is -3.22. The number of hydrogen-bond donors (Lipinski definition) is 3. The Morgan fingerprint density at radius 3 is 2.79 bits per heavy atom. The van der Waals surface area contributed by atoms with Crippen molar-refractivity contribution in [2.24, 2.45) is 0 Å². The predicted octanol–water partition coefficient (Wildman–Crippen LogP) is 3.52. The van der Waals surface area contributed by atoms with Gasteiger partial charge in [0.05, 0.1) is 11.1 Å². The summed E-state index contributed by atoms with van der Waals surface area (Å²) in [4.78, 5) is 15.7. The molecular weight excluding hydrogens is 350 g/mol. The average molecular weight is 375 g/mol. The second-order valence-electron chi connectivity index (χ2n) is 7.27. The number of nitrogens with zero attached hydrogens (tertiary/aromatic N) is 4. The van der Waals surface area contributed by atoms with Gasteiger partial charge in [0, 0.05) is 36.3 Å². The van der Waals surface area contributed by atoms with Gasteiger partial charge in [-0.05, 0) is 38.3 Å². The first kappa shape index (κ1) is 18.2. The highest BCUT2D eigenvalue weighted by molar-refractivity contribution is 6.04. The van der Waals surface area contributed by atoms with Gasteiger partial charge in [0.15, 0.2) is 0 Å². The highest BCUT2D eigenvalue weighted by Crippen LogP contribution is 2.29. The van der Waals surface area contributed by atoms with Gasteiger partial charge < -0.3 is 21.4 Å². The lowest BCUT2D eigenvalue weighted by atomic mass is 10.1. The molecule has 7 heteroatoms. The van der Waals surface area contributed by atoms with Gasteiger partial charge in [-0.3, -0.25) is 0 Å². The molecule has 0 bridgehead atoms. The fraction of sp³-hybridized carbons (Fsp3) is 0.333. The number of pyridine rings is 1. The van der Waals surface area contributed by atoms with Crippen LogP contribution in [0.25, 0.3) is 10.9 Å². The largest absolute Gasteiger partial charge is 0.383 e. The molecule has 3 aromatic rings. The Bertz CT molecular complexity index is 1040. The zero-order chi connectivity index (χ0) is 19.7. The van der Waals surface area contributed by atoms with Gasteiger partial charge in [0.25, 0.3) is 0 Å². The molecule has 28 heavy (non-hydrogen) atoms. The highest BCUT2D eigenvalue weighted by Gasteiger charge is 2.19. The molecule has 1 aliphatic heterocycles. The van der Waals surface area contributed by atoms with Crippen LogP contribution in [-0.2, 0) is 6.54 Å². The molecule has 1 saturated heterocycles. The minimum Gasteiger partial charge on any atom is -0.383 e. The molecule has 0 atom stereocenters. The number of nitrogens with one attached hydrogen (secondary N) is 2. The molecule has 0 unspecified atom stereocenters.